The Labute approximate surface area is 128 Å². The smallest absolute Gasteiger partial charge is 0.339 e. The fourth-order valence-corrected chi connectivity index (χ4v) is 2.86. The van der Waals surface area contributed by atoms with Gasteiger partial charge in [0.15, 0.2) is 5.82 Å². The highest BCUT2D eigenvalue weighted by Crippen LogP contribution is 2.27. The Morgan fingerprint density at radius 3 is 2.27 bits per heavy atom. The van der Waals surface area contributed by atoms with Crippen molar-refractivity contribution >= 4 is 16.0 Å². The van der Waals surface area contributed by atoms with Gasteiger partial charge in [0.1, 0.15) is 0 Å². The zero-order valence-corrected chi connectivity index (χ0v) is 13.1. The molecule has 1 aromatic carbocycles. The Hall–Kier alpha value is -2.32. The molecule has 0 aliphatic heterocycles. The van der Waals surface area contributed by atoms with Gasteiger partial charge >= 0.3 is 5.97 Å². The summed E-state index contributed by atoms with van der Waals surface area (Å²) in [6.07, 6.45) is 0. The van der Waals surface area contributed by atoms with E-state index in [2.05, 4.69) is 14.7 Å². The van der Waals surface area contributed by atoms with Gasteiger partial charge in [-0.15, -0.1) is 0 Å². The Morgan fingerprint density at radius 2 is 1.77 bits per heavy atom. The number of esters is 1. The largest absolute Gasteiger partial charge is 0.465 e. The first-order valence-electron chi connectivity index (χ1n) is 6.31. The maximum atomic E-state index is 12.0. The predicted octanol–water partition coefficient (Wildman–Crippen LogP) is 1.19. The van der Waals surface area contributed by atoms with E-state index in [0.29, 0.717) is 11.4 Å². The quantitative estimate of drug-likeness (QED) is 0.850. The SMILES string of the molecule is COC(=O)c1c(-c2nc(C)cc(C)n2)cccc1S(N)(=O)=O. The molecule has 0 saturated heterocycles. The number of carbonyl (C=O) groups is 1. The Kier molecular flexibility index (Phi) is 4.25. The number of rotatable bonds is 3. The van der Waals surface area contributed by atoms with Crippen LogP contribution in [0.4, 0.5) is 0 Å². The van der Waals surface area contributed by atoms with Crippen molar-refractivity contribution in [1.29, 1.82) is 0 Å². The van der Waals surface area contributed by atoms with E-state index in [0.717, 1.165) is 7.11 Å². The van der Waals surface area contributed by atoms with Crippen LogP contribution >= 0.6 is 0 Å². The van der Waals surface area contributed by atoms with Crippen LogP contribution in [-0.4, -0.2) is 31.5 Å². The lowest BCUT2D eigenvalue weighted by atomic mass is 10.1. The third-order valence-electron chi connectivity index (χ3n) is 2.95. The number of nitrogens with zero attached hydrogens (tertiary/aromatic N) is 2. The van der Waals surface area contributed by atoms with Gasteiger partial charge in [-0.25, -0.2) is 28.3 Å². The molecule has 0 bridgehead atoms. The number of methoxy groups -OCH3 is 1. The molecule has 2 rings (SSSR count). The van der Waals surface area contributed by atoms with Crippen molar-refractivity contribution in [3.05, 3.63) is 41.2 Å². The molecule has 116 valence electrons. The summed E-state index contributed by atoms with van der Waals surface area (Å²) in [5.74, 6) is -0.578. The molecule has 0 saturated carbocycles. The second kappa shape index (κ2) is 5.82. The van der Waals surface area contributed by atoms with Crippen molar-refractivity contribution in [2.75, 3.05) is 7.11 Å². The number of benzene rings is 1. The maximum Gasteiger partial charge on any atom is 0.339 e. The van der Waals surface area contributed by atoms with Crippen molar-refractivity contribution in [3.63, 3.8) is 0 Å². The fourth-order valence-electron chi connectivity index (χ4n) is 2.11. The molecule has 7 nitrogen and oxygen atoms in total. The molecule has 0 aliphatic rings. The summed E-state index contributed by atoms with van der Waals surface area (Å²) in [5, 5.41) is 5.18. The van der Waals surface area contributed by atoms with Crippen LogP contribution in [0.25, 0.3) is 11.4 Å². The van der Waals surface area contributed by atoms with Gasteiger partial charge in [-0.1, -0.05) is 12.1 Å². The minimum absolute atomic E-state index is 0.169. The highest BCUT2D eigenvalue weighted by atomic mass is 32.2. The second-order valence-electron chi connectivity index (χ2n) is 4.69. The summed E-state index contributed by atoms with van der Waals surface area (Å²) in [4.78, 5) is 20.2. The average Bonchev–Trinajstić information content (AvgIpc) is 2.43. The number of sulfonamides is 1. The van der Waals surface area contributed by atoms with Crippen molar-refractivity contribution in [2.45, 2.75) is 18.7 Å². The lowest BCUT2D eigenvalue weighted by Gasteiger charge is -2.11. The molecule has 1 aromatic heterocycles. The van der Waals surface area contributed by atoms with E-state index in [4.69, 9.17) is 5.14 Å². The number of hydrogen-bond donors (Lipinski definition) is 1. The molecular formula is C14H15N3O4S. The normalized spacial score (nSPS) is 11.3. The highest BCUT2D eigenvalue weighted by molar-refractivity contribution is 7.89. The van der Waals surface area contributed by atoms with E-state index in [1.807, 2.05) is 0 Å². The van der Waals surface area contributed by atoms with Crippen LogP contribution in [0, 0.1) is 13.8 Å². The van der Waals surface area contributed by atoms with Crippen molar-refractivity contribution in [2.24, 2.45) is 5.14 Å². The zero-order valence-electron chi connectivity index (χ0n) is 12.3. The molecular weight excluding hydrogens is 306 g/mol. The van der Waals surface area contributed by atoms with Crippen LogP contribution in [0.2, 0.25) is 0 Å². The summed E-state index contributed by atoms with van der Waals surface area (Å²) in [7, 11) is -2.93. The first-order chi connectivity index (χ1) is 10.2. The van der Waals surface area contributed by atoms with Crippen LogP contribution in [0.1, 0.15) is 21.7 Å². The molecule has 0 amide bonds. The van der Waals surface area contributed by atoms with Gasteiger partial charge in [-0.05, 0) is 26.0 Å². The Balaban J connectivity index is 2.84. The van der Waals surface area contributed by atoms with Crippen molar-refractivity contribution < 1.29 is 17.9 Å². The number of aromatic nitrogens is 2. The molecule has 0 unspecified atom stereocenters. The van der Waals surface area contributed by atoms with Gasteiger partial charge in [-0.2, -0.15) is 0 Å². The van der Waals surface area contributed by atoms with Crippen LogP contribution in [0.15, 0.2) is 29.2 Å². The molecule has 0 aliphatic carbocycles. The summed E-state index contributed by atoms with van der Waals surface area (Å²) in [5.41, 5.74) is 1.47. The molecule has 0 fully saturated rings. The van der Waals surface area contributed by atoms with E-state index >= 15 is 0 Å². The minimum Gasteiger partial charge on any atom is -0.465 e. The number of nitrogens with two attached hydrogens (primary N) is 1. The van der Waals surface area contributed by atoms with E-state index in [1.54, 1.807) is 26.0 Å². The predicted molar refractivity (Wildman–Crippen MR) is 79.7 cm³/mol. The molecule has 2 aromatic rings. The van der Waals surface area contributed by atoms with E-state index < -0.39 is 16.0 Å². The lowest BCUT2D eigenvalue weighted by molar-refractivity contribution is 0.0597. The van der Waals surface area contributed by atoms with Crippen molar-refractivity contribution in [3.8, 4) is 11.4 Å². The summed E-state index contributed by atoms with van der Waals surface area (Å²) >= 11 is 0. The van der Waals surface area contributed by atoms with E-state index in [-0.39, 0.29) is 21.8 Å². The summed E-state index contributed by atoms with van der Waals surface area (Å²) in [6.45, 7) is 3.55. The van der Waals surface area contributed by atoms with Crippen LogP contribution in [0.3, 0.4) is 0 Å². The third-order valence-corrected chi connectivity index (χ3v) is 3.90. The maximum absolute atomic E-state index is 12.0. The number of aryl methyl sites for hydroxylation is 2. The third kappa shape index (κ3) is 3.12. The lowest BCUT2D eigenvalue weighted by Crippen LogP contribution is -2.18. The van der Waals surface area contributed by atoms with Crippen LogP contribution in [0.5, 0.6) is 0 Å². The monoisotopic (exact) mass is 321 g/mol. The highest BCUT2D eigenvalue weighted by Gasteiger charge is 2.25. The fraction of sp³-hybridized carbons (Fsp3) is 0.214. The first-order valence-corrected chi connectivity index (χ1v) is 7.85. The molecule has 22 heavy (non-hydrogen) atoms. The number of primary sulfonamides is 1. The van der Waals surface area contributed by atoms with E-state index in [9.17, 15) is 13.2 Å². The van der Waals surface area contributed by atoms with Crippen LogP contribution < -0.4 is 5.14 Å². The Bertz CT molecular complexity index is 827. The number of ether oxygens (including phenoxy) is 1. The zero-order chi connectivity index (χ0) is 16.5. The van der Waals surface area contributed by atoms with Crippen molar-refractivity contribution in [1.82, 2.24) is 9.97 Å². The van der Waals surface area contributed by atoms with Gasteiger partial charge in [0.05, 0.1) is 17.6 Å². The minimum atomic E-state index is -4.10. The topological polar surface area (TPSA) is 112 Å². The van der Waals surface area contributed by atoms with Crippen LogP contribution in [-0.2, 0) is 14.8 Å². The first kappa shape index (κ1) is 16.1. The van der Waals surface area contributed by atoms with Gasteiger partial charge in [0.25, 0.3) is 0 Å². The number of carbonyl (C=O) groups excluding carboxylic acids is 1. The molecule has 0 atom stereocenters. The average molecular weight is 321 g/mol. The van der Waals surface area contributed by atoms with Gasteiger partial charge in [0.2, 0.25) is 10.0 Å². The standard InChI is InChI=1S/C14H15N3O4S/c1-8-7-9(2)17-13(16-8)10-5-4-6-11(22(15,19)20)12(10)14(18)21-3/h4-7H,1-3H3,(H2,15,19,20). The van der Waals surface area contributed by atoms with E-state index in [1.165, 1.54) is 12.1 Å². The Morgan fingerprint density at radius 1 is 1.18 bits per heavy atom. The van der Waals surface area contributed by atoms with Gasteiger partial charge < -0.3 is 4.74 Å². The van der Waals surface area contributed by atoms with Gasteiger partial charge in [-0.3, -0.25) is 0 Å². The summed E-state index contributed by atoms with van der Waals surface area (Å²) in [6, 6.07) is 6.04. The molecule has 2 N–H and O–H groups in total. The second-order valence-corrected chi connectivity index (χ2v) is 6.22. The molecule has 8 heteroatoms. The molecule has 0 radical (unpaired) electrons. The molecule has 1 heterocycles. The molecule has 0 spiro atoms. The number of hydrogen-bond acceptors (Lipinski definition) is 6. The summed E-state index contributed by atoms with van der Waals surface area (Å²) < 4.78 is 28.1. The van der Waals surface area contributed by atoms with Gasteiger partial charge in [0, 0.05) is 17.0 Å².